The molecule has 6 nitrogen and oxygen atoms in total. The molecule has 2 aromatic heterocycles. The fraction of sp³-hybridized carbons (Fsp3) is 0.167. The summed E-state index contributed by atoms with van der Waals surface area (Å²) < 4.78 is 6.67. The van der Waals surface area contributed by atoms with Gasteiger partial charge < -0.3 is 10.1 Å². The predicted octanol–water partition coefficient (Wildman–Crippen LogP) is 2.31. The summed E-state index contributed by atoms with van der Waals surface area (Å²) in [6.07, 6.45) is 5.12. The van der Waals surface area contributed by atoms with Crippen molar-refractivity contribution in [2.24, 2.45) is 0 Å². The first-order chi connectivity index (χ1) is 11.8. The highest BCUT2D eigenvalue weighted by atomic mass is 16.5. The predicted molar refractivity (Wildman–Crippen MR) is 91.0 cm³/mol. The molecule has 0 bridgehead atoms. The summed E-state index contributed by atoms with van der Waals surface area (Å²) in [7, 11) is 1.60. The van der Waals surface area contributed by atoms with Gasteiger partial charge in [-0.3, -0.25) is 9.78 Å². The molecule has 24 heavy (non-hydrogen) atoms. The Balaban J connectivity index is 1.99. The highest BCUT2D eigenvalue weighted by molar-refractivity contribution is 5.99. The molecule has 6 heteroatoms. The molecule has 0 radical (unpaired) electrons. The Morgan fingerprint density at radius 2 is 2.04 bits per heavy atom. The van der Waals surface area contributed by atoms with E-state index in [1.165, 1.54) is 0 Å². The van der Waals surface area contributed by atoms with Gasteiger partial charge >= 0.3 is 0 Å². The lowest BCUT2D eigenvalue weighted by Crippen LogP contribution is -2.27. The van der Waals surface area contributed by atoms with E-state index in [1.54, 1.807) is 30.4 Å². The van der Waals surface area contributed by atoms with Crippen LogP contribution in [0.4, 0.5) is 0 Å². The zero-order valence-corrected chi connectivity index (χ0v) is 13.3. The second kappa shape index (κ2) is 7.52. The SMILES string of the molecule is COCCNC(=O)c1cn(-c2ccccc2)nc1-c1cccnc1. The van der Waals surface area contributed by atoms with Gasteiger partial charge in [0.1, 0.15) is 5.69 Å². The van der Waals surface area contributed by atoms with Crippen molar-refractivity contribution in [3.8, 4) is 16.9 Å². The maximum atomic E-state index is 12.5. The van der Waals surface area contributed by atoms with Gasteiger partial charge in [0.15, 0.2) is 0 Å². The monoisotopic (exact) mass is 322 g/mol. The van der Waals surface area contributed by atoms with Crippen LogP contribution in [-0.2, 0) is 4.74 Å². The van der Waals surface area contributed by atoms with Gasteiger partial charge in [-0.25, -0.2) is 4.68 Å². The molecule has 1 amide bonds. The zero-order chi connectivity index (χ0) is 16.8. The minimum Gasteiger partial charge on any atom is -0.383 e. The molecule has 0 aliphatic heterocycles. The molecule has 122 valence electrons. The van der Waals surface area contributed by atoms with Gasteiger partial charge in [-0.2, -0.15) is 5.10 Å². The molecule has 0 fully saturated rings. The van der Waals surface area contributed by atoms with Crippen molar-refractivity contribution < 1.29 is 9.53 Å². The quantitative estimate of drug-likeness (QED) is 0.707. The fourth-order valence-electron chi connectivity index (χ4n) is 2.33. The van der Waals surface area contributed by atoms with Gasteiger partial charge in [0.25, 0.3) is 5.91 Å². The van der Waals surface area contributed by atoms with Gasteiger partial charge in [0, 0.05) is 37.8 Å². The van der Waals surface area contributed by atoms with Crippen LogP contribution in [-0.4, -0.2) is 40.9 Å². The molecular weight excluding hydrogens is 304 g/mol. The number of para-hydroxylation sites is 1. The summed E-state index contributed by atoms with van der Waals surface area (Å²) in [6.45, 7) is 0.902. The molecule has 3 aromatic rings. The topological polar surface area (TPSA) is 69.0 Å². The van der Waals surface area contributed by atoms with Crippen LogP contribution >= 0.6 is 0 Å². The number of hydrogen-bond donors (Lipinski definition) is 1. The molecule has 1 aromatic carbocycles. The Labute approximate surface area is 140 Å². The number of hydrogen-bond acceptors (Lipinski definition) is 4. The largest absolute Gasteiger partial charge is 0.383 e. The number of pyridine rings is 1. The minimum absolute atomic E-state index is 0.187. The number of carbonyl (C=O) groups excluding carboxylic acids is 1. The standard InChI is InChI=1S/C18H18N4O2/c1-24-11-10-20-18(23)16-13-22(15-7-3-2-4-8-15)21-17(16)14-6-5-9-19-12-14/h2-9,12-13H,10-11H2,1H3,(H,20,23). The Kier molecular flexibility index (Phi) is 4.98. The lowest BCUT2D eigenvalue weighted by Gasteiger charge is -2.04. The number of rotatable bonds is 6. The summed E-state index contributed by atoms with van der Waals surface area (Å²) in [5.41, 5.74) is 2.78. The lowest BCUT2D eigenvalue weighted by molar-refractivity contribution is 0.0937. The molecule has 0 atom stereocenters. The van der Waals surface area contributed by atoms with Crippen LogP contribution in [0.3, 0.4) is 0 Å². The third kappa shape index (κ3) is 3.49. The van der Waals surface area contributed by atoms with Crippen molar-refractivity contribution in [3.05, 3.63) is 66.6 Å². The van der Waals surface area contributed by atoms with Crippen LogP contribution in [0.1, 0.15) is 10.4 Å². The van der Waals surface area contributed by atoms with Crippen molar-refractivity contribution in [2.45, 2.75) is 0 Å². The van der Waals surface area contributed by atoms with E-state index < -0.39 is 0 Å². The molecule has 3 rings (SSSR count). The van der Waals surface area contributed by atoms with Crippen molar-refractivity contribution in [3.63, 3.8) is 0 Å². The number of nitrogens with one attached hydrogen (secondary N) is 1. The van der Waals surface area contributed by atoms with Crippen LogP contribution in [0.5, 0.6) is 0 Å². The van der Waals surface area contributed by atoms with Crippen LogP contribution in [0.15, 0.2) is 61.1 Å². The van der Waals surface area contributed by atoms with Gasteiger partial charge in [-0.05, 0) is 24.3 Å². The first-order valence-corrected chi connectivity index (χ1v) is 7.62. The summed E-state index contributed by atoms with van der Waals surface area (Å²) >= 11 is 0. The van der Waals surface area contributed by atoms with Crippen LogP contribution in [0, 0.1) is 0 Å². The molecule has 0 unspecified atom stereocenters. The Bertz CT molecular complexity index is 800. The van der Waals surface area contributed by atoms with Gasteiger partial charge in [-0.15, -0.1) is 0 Å². The van der Waals surface area contributed by atoms with E-state index in [0.717, 1.165) is 11.3 Å². The molecule has 0 saturated heterocycles. The number of ether oxygens (including phenoxy) is 1. The normalized spacial score (nSPS) is 10.5. The van der Waals surface area contributed by atoms with Crippen LogP contribution in [0.2, 0.25) is 0 Å². The summed E-state index contributed by atoms with van der Waals surface area (Å²) in [4.78, 5) is 16.6. The Morgan fingerprint density at radius 3 is 2.75 bits per heavy atom. The fourth-order valence-corrected chi connectivity index (χ4v) is 2.33. The first-order valence-electron chi connectivity index (χ1n) is 7.62. The summed E-state index contributed by atoms with van der Waals surface area (Å²) in [5.74, 6) is -0.187. The lowest BCUT2D eigenvalue weighted by atomic mass is 10.1. The molecule has 0 aliphatic carbocycles. The van der Waals surface area contributed by atoms with E-state index in [-0.39, 0.29) is 5.91 Å². The highest BCUT2D eigenvalue weighted by Crippen LogP contribution is 2.22. The number of benzene rings is 1. The molecule has 2 heterocycles. The molecule has 0 saturated carbocycles. The maximum Gasteiger partial charge on any atom is 0.255 e. The number of methoxy groups -OCH3 is 1. The van der Waals surface area contributed by atoms with E-state index in [4.69, 9.17) is 4.74 Å². The van der Waals surface area contributed by atoms with Crippen LogP contribution < -0.4 is 5.32 Å². The zero-order valence-electron chi connectivity index (χ0n) is 13.3. The maximum absolute atomic E-state index is 12.5. The van der Waals surface area contributed by atoms with Gasteiger partial charge in [0.2, 0.25) is 0 Å². The third-order valence-electron chi connectivity index (χ3n) is 3.51. The Hall–Kier alpha value is -2.99. The average Bonchev–Trinajstić information content (AvgIpc) is 3.09. The molecule has 0 spiro atoms. The number of nitrogens with zero attached hydrogens (tertiary/aromatic N) is 3. The van der Waals surface area contributed by atoms with Crippen molar-refractivity contribution >= 4 is 5.91 Å². The molecule has 0 aliphatic rings. The summed E-state index contributed by atoms with van der Waals surface area (Å²) in [6, 6.07) is 13.4. The second-order valence-electron chi connectivity index (χ2n) is 5.16. The summed E-state index contributed by atoms with van der Waals surface area (Å²) in [5, 5.41) is 7.42. The van der Waals surface area contributed by atoms with Crippen molar-refractivity contribution in [1.29, 1.82) is 0 Å². The number of amides is 1. The highest BCUT2D eigenvalue weighted by Gasteiger charge is 2.18. The van der Waals surface area contributed by atoms with Gasteiger partial charge in [-0.1, -0.05) is 18.2 Å². The molecular formula is C18H18N4O2. The van der Waals surface area contributed by atoms with Crippen LogP contribution in [0.25, 0.3) is 16.9 Å². The number of aromatic nitrogens is 3. The van der Waals surface area contributed by atoms with E-state index in [1.807, 2.05) is 42.5 Å². The first kappa shape index (κ1) is 15.9. The van der Waals surface area contributed by atoms with Gasteiger partial charge in [0.05, 0.1) is 17.9 Å². The van der Waals surface area contributed by atoms with E-state index in [2.05, 4.69) is 15.4 Å². The van der Waals surface area contributed by atoms with Crippen molar-refractivity contribution in [1.82, 2.24) is 20.1 Å². The number of carbonyl (C=O) groups is 1. The van der Waals surface area contributed by atoms with E-state index in [9.17, 15) is 4.79 Å². The van der Waals surface area contributed by atoms with E-state index >= 15 is 0 Å². The minimum atomic E-state index is -0.187. The molecule has 1 N–H and O–H groups in total. The smallest absolute Gasteiger partial charge is 0.255 e. The van der Waals surface area contributed by atoms with E-state index in [0.29, 0.717) is 24.4 Å². The Morgan fingerprint density at radius 1 is 1.21 bits per heavy atom. The second-order valence-corrected chi connectivity index (χ2v) is 5.16. The van der Waals surface area contributed by atoms with Crippen molar-refractivity contribution in [2.75, 3.05) is 20.3 Å². The average molecular weight is 322 g/mol. The third-order valence-corrected chi connectivity index (χ3v) is 3.51.